The highest BCUT2D eigenvalue weighted by molar-refractivity contribution is 5.82. The van der Waals surface area contributed by atoms with Crippen LogP contribution in [0, 0.1) is 11.7 Å². The number of benzene rings is 1. The summed E-state index contributed by atoms with van der Waals surface area (Å²) in [7, 11) is 0. The van der Waals surface area contributed by atoms with E-state index < -0.39 is 17.5 Å². The summed E-state index contributed by atoms with van der Waals surface area (Å²) in [6, 6.07) is 6.46. The molecular weight excluding hydrogens is 297 g/mol. The average molecular weight is 317 g/mol. The van der Waals surface area contributed by atoms with Crippen LogP contribution in [-0.2, 0) is 4.79 Å². The van der Waals surface area contributed by atoms with Gasteiger partial charge in [0.25, 0.3) is 0 Å². The molecule has 1 aliphatic rings. The van der Waals surface area contributed by atoms with Gasteiger partial charge in [-0.1, -0.05) is 0 Å². The van der Waals surface area contributed by atoms with Crippen molar-refractivity contribution >= 4 is 16.9 Å². The number of aliphatic hydroxyl groups is 1. The lowest BCUT2D eigenvalue weighted by molar-refractivity contribution is -0.153. The second kappa shape index (κ2) is 5.89. The fraction of sp³-hybridized carbons (Fsp3) is 0.444. The van der Waals surface area contributed by atoms with E-state index in [9.17, 15) is 14.3 Å². The Hall–Kier alpha value is -2.01. The van der Waals surface area contributed by atoms with E-state index in [2.05, 4.69) is 4.98 Å². The molecule has 2 aromatic rings. The first-order chi connectivity index (χ1) is 10.9. The van der Waals surface area contributed by atoms with Gasteiger partial charge in [-0.2, -0.15) is 0 Å². The number of rotatable bonds is 3. The van der Waals surface area contributed by atoms with Crippen LogP contribution in [0.1, 0.15) is 44.1 Å². The van der Waals surface area contributed by atoms with Gasteiger partial charge in [0.15, 0.2) is 0 Å². The van der Waals surface area contributed by atoms with Crippen LogP contribution in [0.4, 0.5) is 4.39 Å². The number of carboxylic acid groups (broad SMARTS) is 1. The first kappa shape index (κ1) is 15.9. The van der Waals surface area contributed by atoms with Crippen molar-refractivity contribution in [3.63, 3.8) is 0 Å². The van der Waals surface area contributed by atoms with Gasteiger partial charge in [0.05, 0.1) is 17.0 Å². The van der Waals surface area contributed by atoms with Gasteiger partial charge in [0, 0.05) is 11.6 Å². The van der Waals surface area contributed by atoms with Crippen molar-refractivity contribution in [3.8, 4) is 0 Å². The Kier molecular flexibility index (Phi) is 4.06. The lowest BCUT2D eigenvalue weighted by atomic mass is 9.70. The summed E-state index contributed by atoms with van der Waals surface area (Å²) >= 11 is 0. The summed E-state index contributed by atoms with van der Waals surface area (Å²) in [6.45, 7) is 1.56. The number of halogens is 1. The Morgan fingerprint density at radius 3 is 2.70 bits per heavy atom. The Labute approximate surface area is 134 Å². The first-order valence-electron chi connectivity index (χ1n) is 7.90. The van der Waals surface area contributed by atoms with E-state index >= 15 is 0 Å². The molecule has 2 N–H and O–H groups in total. The standard InChI is InChI=1S/C18H20FNO3/c1-11(17(21)22)18(23)7-4-12(5-8-18)14-6-9-20-16-3-2-13(19)10-15(14)16/h2-3,6,9-12,23H,4-5,7-8H2,1H3,(H,21,22)/t11?,12-,18-. The second-order valence-corrected chi connectivity index (χ2v) is 6.50. The minimum absolute atomic E-state index is 0.184. The number of carbonyl (C=O) groups is 1. The predicted octanol–water partition coefficient (Wildman–Crippen LogP) is 3.48. The Bertz CT molecular complexity index is 738. The molecule has 1 unspecified atom stereocenters. The molecule has 1 aromatic heterocycles. The summed E-state index contributed by atoms with van der Waals surface area (Å²) in [5, 5.41) is 20.5. The molecule has 3 rings (SSSR count). The highest BCUT2D eigenvalue weighted by atomic mass is 19.1. The maximum Gasteiger partial charge on any atom is 0.309 e. The molecule has 122 valence electrons. The van der Waals surface area contributed by atoms with Crippen molar-refractivity contribution in [2.75, 3.05) is 0 Å². The van der Waals surface area contributed by atoms with E-state index in [0.717, 1.165) is 16.5 Å². The van der Waals surface area contributed by atoms with E-state index in [1.54, 1.807) is 19.2 Å². The van der Waals surface area contributed by atoms with Crippen LogP contribution in [0.5, 0.6) is 0 Å². The van der Waals surface area contributed by atoms with Gasteiger partial charge in [0.1, 0.15) is 5.82 Å². The quantitative estimate of drug-likeness (QED) is 0.909. The van der Waals surface area contributed by atoms with E-state index in [1.165, 1.54) is 12.1 Å². The Balaban J connectivity index is 1.86. The average Bonchev–Trinajstić information content (AvgIpc) is 2.54. The Morgan fingerprint density at radius 2 is 2.04 bits per heavy atom. The fourth-order valence-electron chi connectivity index (χ4n) is 3.59. The zero-order valence-corrected chi connectivity index (χ0v) is 13.0. The molecular formula is C18H20FNO3. The first-order valence-corrected chi connectivity index (χ1v) is 7.90. The van der Waals surface area contributed by atoms with Crippen molar-refractivity contribution in [3.05, 3.63) is 41.8 Å². The lowest BCUT2D eigenvalue weighted by Gasteiger charge is -2.39. The predicted molar refractivity (Wildman–Crippen MR) is 84.7 cm³/mol. The molecule has 0 aliphatic heterocycles. The van der Waals surface area contributed by atoms with E-state index in [-0.39, 0.29) is 11.7 Å². The van der Waals surface area contributed by atoms with Crippen LogP contribution >= 0.6 is 0 Å². The van der Waals surface area contributed by atoms with Gasteiger partial charge in [-0.05, 0) is 68.4 Å². The maximum atomic E-state index is 13.6. The van der Waals surface area contributed by atoms with Crippen LogP contribution in [-0.4, -0.2) is 26.8 Å². The number of aliphatic carboxylic acids is 1. The number of hydrogen-bond donors (Lipinski definition) is 2. The van der Waals surface area contributed by atoms with Gasteiger partial charge < -0.3 is 10.2 Å². The number of fused-ring (bicyclic) bond motifs is 1. The second-order valence-electron chi connectivity index (χ2n) is 6.50. The van der Waals surface area contributed by atoms with Gasteiger partial charge >= 0.3 is 5.97 Å². The molecule has 1 fully saturated rings. The molecule has 4 nitrogen and oxygen atoms in total. The third-order valence-electron chi connectivity index (χ3n) is 5.21. The highest BCUT2D eigenvalue weighted by Gasteiger charge is 2.41. The van der Waals surface area contributed by atoms with E-state index in [0.29, 0.717) is 25.7 Å². The largest absolute Gasteiger partial charge is 0.481 e. The third kappa shape index (κ3) is 2.93. The molecule has 0 amide bonds. The van der Waals surface area contributed by atoms with Crippen LogP contribution in [0.3, 0.4) is 0 Å². The molecule has 1 heterocycles. The van der Waals surface area contributed by atoms with Crippen molar-refractivity contribution in [2.45, 2.75) is 44.1 Å². The molecule has 1 aliphatic carbocycles. The van der Waals surface area contributed by atoms with Gasteiger partial charge in [-0.25, -0.2) is 4.39 Å². The van der Waals surface area contributed by atoms with Crippen molar-refractivity contribution in [1.29, 1.82) is 0 Å². The molecule has 23 heavy (non-hydrogen) atoms. The molecule has 0 spiro atoms. The van der Waals surface area contributed by atoms with Crippen molar-refractivity contribution in [2.24, 2.45) is 5.92 Å². The van der Waals surface area contributed by atoms with Crippen LogP contribution in [0.25, 0.3) is 10.9 Å². The van der Waals surface area contributed by atoms with Gasteiger partial charge in [-0.3, -0.25) is 9.78 Å². The number of nitrogens with zero attached hydrogens (tertiary/aromatic N) is 1. The minimum Gasteiger partial charge on any atom is -0.481 e. The minimum atomic E-state index is -1.16. The summed E-state index contributed by atoms with van der Waals surface area (Å²) in [4.78, 5) is 15.4. The van der Waals surface area contributed by atoms with Crippen LogP contribution < -0.4 is 0 Å². The number of carboxylic acids is 1. The summed E-state index contributed by atoms with van der Waals surface area (Å²) in [6.07, 6.45) is 3.96. The molecule has 0 radical (unpaired) electrons. The smallest absolute Gasteiger partial charge is 0.309 e. The molecule has 1 aromatic carbocycles. The van der Waals surface area contributed by atoms with Crippen molar-refractivity contribution in [1.82, 2.24) is 4.98 Å². The summed E-state index contributed by atoms with van der Waals surface area (Å²) < 4.78 is 13.6. The van der Waals surface area contributed by atoms with Crippen LogP contribution in [0.2, 0.25) is 0 Å². The molecule has 0 bridgehead atoms. The monoisotopic (exact) mass is 317 g/mol. The number of aromatic nitrogens is 1. The topological polar surface area (TPSA) is 70.4 Å². The fourth-order valence-corrected chi connectivity index (χ4v) is 3.59. The SMILES string of the molecule is CC(C(=O)O)[C@]1(O)CC[C@H](c2ccnc3ccc(F)cc32)CC1. The highest BCUT2D eigenvalue weighted by Crippen LogP contribution is 2.43. The normalized spacial score (nSPS) is 26.1. The molecule has 0 saturated heterocycles. The van der Waals surface area contributed by atoms with Crippen molar-refractivity contribution < 1.29 is 19.4 Å². The van der Waals surface area contributed by atoms with Crippen LogP contribution in [0.15, 0.2) is 30.5 Å². The molecule has 5 heteroatoms. The lowest BCUT2D eigenvalue weighted by Crippen LogP contribution is -2.43. The van der Waals surface area contributed by atoms with Gasteiger partial charge in [-0.15, -0.1) is 0 Å². The molecule has 1 saturated carbocycles. The third-order valence-corrected chi connectivity index (χ3v) is 5.21. The number of hydrogen-bond acceptors (Lipinski definition) is 3. The van der Waals surface area contributed by atoms with Gasteiger partial charge in [0.2, 0.25) is 0 Å². The van der Waals surface area contributed by atoms with E-state index in [1.807, 2.05) is 6.07 Å². The van der Waals surface area contributed by atoms with E-state index in [4.69, 9.17) is 5.11 Å². The Morgan fingerprint density at radius 1 is 1.35 bits per heavy atom. The number of pyridine rings is 1. The summed E-state index contributed by atoms with van der Waals surface area (Å²) in [5.41, 5.74) is 0.624. The summed E-state index contributed by atoms with van der Waals surface area (Å²) in [5.74, 6) is -1.86. The zero-order chi connectivity index (χ0) is 16.6. The molecule has 1 atom stereocenters. The maximum absolute atomic E-state index is 13.6. The zero-order valence-electron chi connectivity index (χ0n) is 13.0.